The smallest absolute Gasteiger partial charge is 0.409 e. The maximum atomic E-state index is 13.4. The van der Waals surface area contributed by atoms with Crippen molar-refractivity contribution in [3.63, 3.8) is 0 Å². The highest BCUT2D eigenvalue weighted by Crippen LogP contribution is 2.50. The Morgan fingerprint density at radius 3 is 2.62 bits per heavy atom. The Morgan fingerprint density at radius 2 is 1.95 bits per heavy atom. The molecule has 0 saturated carbocycles. The van der Waals surface area contributed by atoms with E-state index in [1.165, 1.54) is 7.11 Å². The van der Waals surface area contributed by atoms with Crippen LogP contribution < -0.4 is 15.0 Å². The second-order valence-corrected chi connectivity index (χ2v) is 11.6. The van der Waals surface area contributed by atoms with E-state index in [4.69, 9.17) is 30.5 Å². The van der Waals surface area contributed by atoms with Crippen molar-refractivity contribution in [2.24, 2.45) is 11.8 Å². The van der Waals surface area contributed by atoms with E-state index in [9.17, 15) is 14.7 Å². The molecule has 3 aliphatic rings. The van der Waals surface area contributed by atoms with Crippen molar-refractivity contribution >= 4 is 29.3 Å². The third-order valence-corrected chi connectivity index (χ3v) is 8.79. The molecule has 0 spiro atoms. The fourth-order valence-electron chi connectivity index (χ4n) is 5.69. The van der Waals surface area contributed by atoms with Gasteiger partial charge in [-0.05, 0) is 43.9 Å². The summed E-state index contributed by atoms with van der Waals surface area (Å²) in [6, 6.07) is 3.76. The first-order valence-electron chi connectivity index (χ1n) is 13.2. The first-order chi connectivity index (χ1) is 18.3. The molecular weight excluding hydrogens is 524 g/mol. The van der Waals surface area contributed by atoms with E-state index in [2.05, 4.69) is 5.32 Å². The van der Waals surface area contributed by atoms with Crippen molar-refractivity contribution in [1.82, 2.24) is 5.32 Å². The molecule has 9 nitrogen and oxygen atoms in total. The number of anilines is 1. The SMILES string of the molecule is COc1cc2cc(c1Cl)N(C)C(=O)CC(C)C1(C)OC1C(C)C1CC(O)(NC(=O)O1)C(OC)/C=C/C=C(\C)C2. The topological polar surface area (TPSA) is 110 Å². The molecule has 2 saturated heterocycles. The summed E-state index contributed by atoms with van der Waals surface area (Å²) < 4.78 is 22.9. The van der Waals surface area contributed by atoms with Crippen LogP contribution in [0.15, 0.2) is 35.9 Å². The zero-order chi connectivity index (χ0) is 28.7. The number of nitrogens with zero attached hydrogens (tertiary/aromatic N) is 1. The monoisotopic (exact) mass is 562 g/mol. The zero-order valence-electron chi connectivity index (χ0n) is 23.6. The number of epoxide rings is 1. The van der Waals surface area contributed by atoms with Crippen LogP contribution in [0.1, 0.15) is 46.1 Å². The Morgan fingerprint density at radius 1 is 1.23 bits per heavy atom. The van der Waals surface area contributed by atoms with Gasteiger partial charge in [-0.1, -0.05) is 49.2 Å². The lowest BCUT2D eigenvalue weighted by Gasteiger charge is -2.42. The van der Waals surface area contributed by atoms with E-state index in [-0.39, 0.29) is 36.7 Å². The number of nitrogens with one attached hydrogen (secondary N) is 1. The van der Waals surface area contributed by atoms with Gasteiger partial charge in [0.05, 0.1) is 24.5 Å². The van der Waals surface area contributed by atoms with Crippen LogP contribution in [-0.4, -0.2) is 68.0 Å². The molecule has 2 fully saturated rings. The predicted molar refractivity (Wildman–Crippen MR) is 148 cm³/mol. The normalized spacial score (nSPS) is 37.6. The number of methoxy groups -OCH3 is 2. The van der Waals surface area contributed by atoms with Crippen LogP contribution in [0.3, 0.4) is 0 Å². The fraction of sp³-hybridized carbons (Fsp3) is 0.586. The van der Waals surface area contributed by atoms with Gasteiger partial charge < -0.3 is 29.0 Å². The number of hydrogen-bond acceptors (Lipinski definition) is 7. The molecule has 4 rings (SSSR count). The number of rotatable bonds is 2. The van der Waals surface area contributed by atoms with Crippen LogP contribution >= 0.6 is 11.6 Å². The average Bonchev–Trinajstić information content (AvgIpc) is 3.58. The standard InChI is InChI=1S/C29H39ClN2O7/c1-16-9-8-10-23(37-7)29(35)15-22(38-27(34)31-29)18(3)26-28(4,39-26)17(2)12-24(33)32(5)20-13-19(11-16)14-21(36-6)25(20)30/h8-10,13-14,17-18,22-23,26,35H,11-12,15H2,1-7H3,(H,31,34)/b10-8+,16-9+. The molecular formula is C29H39ClN2O7. The molecule has 7 atom stereocenters. The highest BCUT2D eigenvalue weighted by molar-refractivity contribution is 6.35. The van der Waals surface area contributed by atoms with Crippen molar-refractivity contribution in [3.8, 4) is 5.75 Å². The summed E-state index contributed by atoms with van der Waals surface area (Å²) in [5, 5.41) is 14.4. The molecule has 10 heteroatoms. The molecule has 7 unspecified atom stereocenters. The molecule has 39 heavy (non-hydrogen) atoms. The predicted octanol–water partition coefficient (Wildman–Crippen LogP) is 4.39. The first kappa shape index (κ1) is 29.4. The minimum Gasteiger partial charge on any atom is -0.495 e. The molecule has 214 valence electrons. The maximum Gasteiger partial charge on any atom is 0.409 e. The van der Waals surface area contributed by atoms with Gasteiger partial charge in [0.2, 0.25) is 5.91 Å². The van der Waals surface area contributed by atoms with Gasteiger partial charge >= 0.3 is 6.09 Å². The number of ether oxygens (including phenoxy) is 4. The van der Waals surface area contributed by atoms with E-state index >= 15 is 0 Å². The van der Waals surface area contributed by atoms with E-state index in [0.717, 1.165) is 11.1 Å². The average molecular weight is 563 g/mol. The lowest BCUT2D eigenvalue weighted by atomic mass is 9.81. The molecule has 3 aliphatic heterocycles. The van der Waals surface area contributed by atoms with Crippen LogP contribution in [-0.2, 0) is 25.4 Å². The molecule has 2 amide bonds. The molecule has 4 bridgehead atoms. The van der Waals surface area contributed by atoms with Crippen LogP contribution in [0.4, 0.5) is 10.5 Å². The van der Waals surface area contributed by atoms with Gasteiger partial charge in [0.15, 0.2) is 5.72 Å². The molecule has 1 aromatic carbocycles. The number of aliphatic hydroxyl groups is 1. The summed E-state index contributed by atoms with van der Waals surface area (Å²) in [6.45, 7) is 7.85. The Kier molecular flexibility index (Phi) is 8.38. The number of alkyl carbamates (subject to hydrolysis) is 1. The molecule has 0 aromatic heterocycles. The Labute approximate surface area is 235 Å². The second-order valence-electron chi connectivity index (χ2n) is 11.2. The first-order valence-corrected chi connectivity index (χ1v) is 13.6. The second kappa shape index (κ2) is 11.1. The zero-order valence-corrected chi connectivity index (χ0v) is 24.4. The van der Waals surface area contributed by atoms with E-state index < -0.39 is 29.6 Å². The van der Waals surface area contributed by atoms with Gasteiger partial charge in [-0.15, -0.1) is 0 Å². The Balaban J connectivity index is 1.74. The van der Waals surface area contributed by atoms with Crippen LogP contribution in [0.2, 0.25) is 5.02 Å². The number of halogens is 1. The number of carbonyl (C=O) groups excluding carboxylic acids is 2. The van der Waals surface area contributed by atoms with Gasteiger partial charge in [-0.2, -0.15) is 0 Å². The van der Waals surface area contributed by atoms with Crippen molar-refractivity contribution < 1.29 is 33.6 Å². The van der Waals surface area contributed by atoms with Crippen molar-refractivity contribution in [3.05, 3.63) is 46.5 Å². The summed E-state index contributed by atoms with van der Waals surface area (Å²) >= 11 is 6.64. The van der Waals surface area contributed by atoms with Gasteiger partial charge in [0.25, 0.3) is 0 Å². The lowest BCUT2D eigenvalue weighted by molar-refractivity contribution is -0.142. The van der Waals surface area contributed by atoms with E-state index in [1.807, 2.05) is 45.9 Å². The van der Waals surface area contributed by atoms with Crippen molar-refractivity contribution in [2.45, 2.75) is 76.6 Å². The highest BCUT2D eigenvalue weighted by atomic mass is 35.5. The molecule has 0 aliphatic carbocycles. The van der Waals surface area contributed by atoms with Gasteiger partial charge in [0.1, 0.15) is 23.0 Å². The quantitative estimate of drug-likeness (QED) is 0.514. The summed E-state index contributed by atoms with van der Waals surface area (Å²) in [7, 11) is 4.74. The number of carbonyl (C=O) groups is 2. The number of hydrogen-bond donors (Lipinski definition) is 2. The summed E-state index contributed by atoms with van der Waals surface area (Å²) in [5.74, 6) is 0.0125. The Bertz CT molecular complexity index is 1190. The number of benzene rings is 1. The van der Waals surface area contributed by atoms with E-state index in [0.29, 0.717) is 22.9 Å². The van der Waals surface area contributed by atoms with Gasteiger partial charge in [-0.25, -0.2) is 4.79 Å². The van der Waals surface area contributed by atoms with Crippen LogP contribution in [0.25, 0.3) is 0 Å². The summed E-state index contributed by atoms with van der Waals surface area (Å²) in [6.07, 6.45) is 3.92. The summed E-state index contributed by atoms with van der Waals surface area (Å²) in [5.41, 5.74) is 0.241. The number of amides is 2. The van der Waals surface area contributed by atoms with Gasteiger partial charge in [-0.3, -0.25) is 10.1 Å². The van der Waals surface area contributed by atoms with Gasteiger partial charge in [0, 0.05) is 32.9 Å². The largest absolute Gasteiger partial charge is 0.495 e. The van der Waals surface area contributed by atoms with E-state index in [1.54, 1.807) is 31.2 Å². The van der Waals surface area contributed by atoms with Crippen LogP contribution in [0, 0.1) is 11.8 Å². The maximum absolute atomic E-state index is 13.4. The highest BCUT2D eigenvalue weighted by Gasteiger charge is 2.61. The van der Waals surface area contributed by atoms with Crippen molar-refractivity contribution in [1.29, 1.82) is 0 Å². The minimum atomic E-state index is -1.67. The molecule has 1 aromatic rings. The van der Waals surface area contributed by atoms with Crippen LogP contribution in [0.5, 0.6) is 5.75 Å². The third kappa shape index (κ3) is 5.82. The fourth-order valence-corrected chi connectivity index (χ4v) is 6.00. The summed E-state index contributed by atoms with van der Waals surface area (Å²) in [4.78, 5) is 27.5. The molecule has 0 radical (unpaired) electrons. The number of allylic oxidation sites excluding steroid dienone is 3. The molecule has 3 heterocycles. The molecule has 2 N–H and O–H groups in total. The number of fused-ring (bicyclic) bond motifs is 5. The lowest BCUT2D eigenvalue weighted by Crippen LogP contribution is -2.63. The third-order valence-electron chi connectivity index (χ3n) is 8.41. The minimum absolute atomic E-state index is 0.106. The van der Waals surface area contributed by atoms with Crippen molar-refractivity contribution in [2.75, 3.05) is 26.2 Å². The Hall–Kier alpha value is -2.59.